The Labute approximate surface area is 116 Å². The van der Waals surface area contributed by atoms with Gasteiger partial charge < -0.3 is 15.7 Å². The molecule has 0 spiro atoms. The zero-order valence-corrected chi connectivity index (χ0v) is 11.3. The third kappa shape index (κ3) is 12.5. The normalized spacial score (nSPS) is 9.26. The van der Waals surface area contributed by atoms with E-state index < -0.39 is 18.4 Å². The zero-order chi connectivity index (χ0) is 14.5. The Balaban J connectivity index is 3.50. The van der Waals surface area contributed by atoms with Crippen LogP contribution in [0.1, 0.15) is 25.7 Å². The fourth-order valence-corrected chi connectivity index (χ4v) is 1.29. The van der Waals surface area contributed by atoms with Gasteiger partial charge in [0.1, 0.15) is 6.54 Å². The molecular weight excluding hydrogens is 270 g/mol. The number of aliphatic carboxylic acids is 1. The molecule has 0 saturated heterocycles. The van der Waals surface area contributed by atoms with Crippen LogP contribution in [0, 0.1) is 0 Å². The van der Waals surface area contributed by atoms with Crippen molar-refractivity contribution in [3.8, 4) is 0 Å². The van der Waals surface area contributed by atoms with E-state index in [4.69, 9.17) is 5.11 Å². The average molecular weight is 287 g/mol. The van der Waals surface area contributed by atoms with E-state index in [1.807, 2.05) is 0 Å². The van der Waals surface area contributed by atoms with E-state index in [9.17, 15) is 14.4 Å². The number of carboxylic acid groups (broad SMARTS) is 1. The van der Waals surface area contributed by atoms with Gasteiger partial charge in [0.25, 0.3) is 0 Å². The van der Waals surface area contributed by atoms with E-state index in [1.54, 1.807) is 0 Å². The first-order valence-electron chi connectivity index (χ1n) is 5.85. The highest BCUT2D eigenvalue weighted by Crippen LogP contribution is 1.99. The summed E-state index contributed by atoms with van der Waals surface area (Å²) >= 11 is 4.41. The van der Waals surface area contributed by atoms with E-state index in [0.29, 0.717) is 19.4 Å². The Hall–Kier alpha value is -1.79. The monoisotopic (exact) mass is 287 g/mol. The number of thiocarbonyl (C=S) groups is 1. The molecule has 0 aromatic carbocycles. The van der Waals surface area contributed by atoms with Gasteiger partial charge in [-0.1, -0.05) is 6.42 Å². The van der Waals surface area contributed by atoms with Gasteiger partial charge in [-0.25, -0.2) is 4.99 Å². The molecule has 0 unspecified atom stereocenters. The highest BCUT2D eigenvalue weighted by Gasteiger charge is 2.06. The molecule has 0 saturated carbocycles. The van der Waals surface area contributed by atoms with Gasteiger partial charge in [0.05, 0.1) is 11.7 Å². The first-order chi connectivity index (χ1) is 9.06. The van der Waals surface area contributed by atoms with Crippen LogP contribution in [0.5, 0.6) is 0 Å². The first-order valence-corrected chi connectivity index (χ1v) is 6.26. The van der Waals surface area contributed by atoms with Crippen molar-refractivity contribution in [2.24, 2.45) is 4.99 Å². The molecule has 7 nitrogen and oxygen atoms in total. The first kappa shape index (κ1) is 17.2. The molecule has 8 heteroatoms. The number of nitrogens with one attached hydrogen (secondary N) is 2. The number of carbonyl (C=O) groups excluding carboxylic acids is 2. The lowest BCUT2D eigenvalue weighted by molar-refractivity contribution is -0.137. The second-order valence-corrected chi connectivity index (χ2v) is 3.91. The number of hydrogen-bond donors (Lipinski definition) is 3. The minimum Gasteiger partial charge on any atom is -0.480 e. The number of unbranched alkanes of at least 4 members (excludes halogenated alkanes) is 2. The zero-order valence-electron chi connectivity index (χ0n) is 10.5. The van der Waals surface area contributed by atoms with E-state index in [1.165, 1.54) is 0 Å². The fraction of sp³-hybridized carbons (Fsp3) is 0.636. The summed E-state index contributed by atoms with van der Waals surface area (Å²) in [6.45, 7) is -0.0425. The van der Waals surface area contributed by atoms with Gasteiger partial charge in [0.15, 0.2) is 0 Å². The molecule has 0 aliphatic rings. The lowest BCUT2D eigenvalue weighted by Crippen LogP contribution is -2.38. The van der Waals surface area contributed by atoms with Crippen molar-refractivity contribution < 1.29 is 19.5 Å². The SMILES string of the molecule is O=C(O)CNC(=O)CNC(=O)CCCCCN=C=S. The van der Waals surface area contributed by atoms with Crippen molar-refractivity contribution in [1.29, 1.82) is 0 Å². The predicted molar refractivity (Wildman–Crippen MR) is 72.0 cm³/mol. The molecule has 19 heavy (non-hydrogen) atoms. The maximum Gasteiger partial charge on any atom is 0.322 e. The minimum absolute atomic E-state index is 0.207. The molecule has 0 bridgehead atoms. The molecule has 0 aromatic rings. The number of amides is 2. The topological polar surface area (TPSA) is 108 Å². The van der Waals surface area contributed by atoms with Gasteiger partial charge >= 0.3 is 5.97 Å². The van der Waals surface area contributed by atoms with Crippen LogP contribution >= 0.6 is 12.2 Å². The molecule has 0 rings (SSSR count). The third-order valence-corrected chi connectivity index (χ3v) is 2.25. The van der Waals surface area contributed by atoms with Crippen molar-refractivity contribution >= 4 is 35.2 Å². The van der Waals surface area contributed by atoms with E-state index >= 15 is 0 Å². The van der Waals surface area contributed by atoms with Gasteiger partial charge in [-0.05, 0) is 25.1 Å². The standard InChI is InChI=1S/C11H17N3O4S/c15-9(4-2-1-3-5-12-8-19)13-6-10(16)14-7-11(17)18/h1-7H2,(H,13,15)(H,14,16)(H,17,18). The smallest absolute Gasteiger partial charge is 0.322 e. The molecule has 3 N–H and O–H groups in total. The summed E-state index contributed by atoms with van der Waals surface area (Å²) in [6.07, 6.45) is 2.72. The van der Waals surface area contributed by atoms with Crippen molar-refractivity contribution in [3.05, 3.63) is 0 Å². The Morgan fingerprint density at radius 3 is 2.37 bits per heavy atom. The lowest BCUT2D eigenvalue weighted by Gasteiger charge is -2.05. The van der Waals surface area contributed by atoms with Gasteiger partial charge in [0, 0.05) is 13.0 Å². The van der Waals surface area contributed by atoms with Crippen LogP contribution in [0.2, 0.25) is 0 Å². The fourth-order valence-electron chi connectivity index (χ4n) is 1.20. The Morgan fingerprint density at radius 2 is 1.74 bits per heavy atom. The molecule has 2 amide bonds. The van der Waals surface area contributed by atoms with E-state index in [2.05, 4.69) is 33.0 Å². The van der Waals surface area contributed by atoms with Gasteiger partial charge in [0.2, 0.25) is 11.8 Å². The van der Waals surface area contributed by atoms with E-state index in [-0.39, 0.29) is 12.5 Å². The Bertz CT molecular complexity index is 367. The summed E-state index contributed by atoms with van der Waals surface area (Å²) in [5.74, 6) is -1.88. The maximum atomic E-state index is 11.3. The van der Waals surface area contributed by atoms with Crippen LogP contribution in [-0.2, 0) is 14.4 Å². The number of carbonyl (C=O) groups is 3. The lowest BCUT2D eigenvalue weighted by atomic mass is 10.2. The predicted octanol–water partition coefficient (Wildman–Crippen LogP) is -0.0334. The van der Waals surface area contributed by atoms with Crippen molar-refractivity contribution in [2.45, 2.75) is 25.7 Å². The number of carboxylic acids is 1. The van der Waals surface area contributed by atoms with Gasteiger partial charge in [-0.15, -0.1) is 0 Å². The minimum atomic E-state index is -1.13. The van der Waals surface area contributed by atoms with Gasteiger partial charge in [-0.2, -0.15) is 0 Å². The molecule has 106 valence electrons. The molecular formula is C11H17N3O4S. The van der Waals surface area contributed by atoms with Crippen LogP contribution < -0.4 is 10.6 Å². The third-order valence-electron chi connectivity index (χ3n) is 2.12. The molecule has 0 aliphatic heterocycles. The van der Waals surface area contributed by atoms with Crippen LogP contribution in [0.25, 0.3) is 0 Å². The summed E-state index contributed by atoms with van der Waals surface area (Å²) in [6, 6.07) is 0. The van der Waals surface area contributed by atoms with Crippen LogP contribution in [0.15, 0.2) is 4.99 Å². The molecule has 0 radical (unpaired) electrons. The van der Waals surface area contributed by atoms with Gasteiger partial charge in [-0.3, -0.25) is 14.4 Å². The molecule has 0 atom stereocenters. The summed E-state index contributed by atoms with van der Waals surface area (Å²) in [7, 11) is 0. The summed E-state index contributed by atoms with van der Waals surface area (Å²) < 4.78 is 0. The quantitative estimate of drug-likeness (QED) is 0.297. The summed E-state index contributed by atoms with van der Waals surface area (Å²) in [5, 5.41) is 15.1. The largest absolute Gasteiger partial charge is 0.480 e. The van der Waals surface area contributed by atoms with Crippen LogP contribution in [0.3, 0.4) is 0 Å². The van der Waals surface area contributed by atoms with Crippen LogP contribution in [-0.4, -0.2) is 47.7 Å². The second kappa shape index (κ2) is 11.3. The summed E-state index contributed by atoms with van der Waals surface area (Å²) in [4.78, 5) is 36.3. The number of nitrogens with zero attached hydrogens (tertiary/aromatic N) is 1. The number of hydrogen-bond acceptors (Lipinski definition) is 5. The van der Waals surface area contributed by atoms with Crippen molar-refractivity contribution in [1.82, 2.24) is 10.6 Å². The van der Waals surface area contributed by atoms with Crippen LogP contribution in [0.4, 0.5) is 0 Å². The molecule has 0 aliphatic carbocycles. The molecule has 0 heterocycles. The molecule has 0 fully saturated rings. The average Bonchev–Trinajstić information content (AvgIpc) is 2.38. The number of aliphatic imine (C=N–C) groups is 1. The second-order valence-electron chi connectivity index (χ2n) is 3.73. The Kier molecular flexibility index (Phi) is 10.2. The van der Waals surface area contributed by atoms with Crippen molar-refractivity contribution in [2.75, 3.05) is 19.6 Å². The summed E-state index contributed by atoms with van der Waals surface area (Å²) in [5.41, 5.74) is 0. The number of isothiocyanates is 1. The molecule has 0 aromatic heterocycles. The number of rotatable bonds is 10. The highest BCUT2D eigenvalue weighted by molar-refractivity contribution is 7.78. The van der Waals surface area contributed by atoms with E-state index in [0.717, 1.165) is 12.8 Å². The Morgan fingerprint density at radius 1 is 1.05 bits per heavy atom. The maximum absolute atomic E-state index is 11.3. The highest BCUT2D eigenvalue weighted by atomic mass is 32.1. The van der Waals surface area contributed by atoms with Crippen molar-refractivity contribution in [3.63, 3.8) is 0 Å².